The summed E-state index contributed by atoms with van der Waals surface area (Å²) in [5.41, 5.74) is 2.69. The summed E-state index contributed by atoms with van der Waals surface area (Å²) in [7, 11) is 0. The summed E-state index contributed by atoms with van der Waals surface area (Å²) >= 11 is 0. The SMILES string of the molecule is O=C1CCCC2C1C(=O)CC1c3ccccc3CCN12. The number of fused-ring (bicyclic) bond motifs is 5. The van der Waals surface area contributed by atoms with Crippen LogP contribution in [0.15, 0.2) is 24.3 Å². The van der Waals surface area contributed by atoms with Gasteiger partial charge in [0, 0.05) is 31.5 Å². The summed E-state index contributed by atoms with van der Waals surface area (Å²) in [6.07, 6.45) is 4.10. The molecule has 3 nitrogen and oxygen atoms in total. The first-order valence-electron chi connectivity index (χ1n) is 7.64. The maximum Gasteiger partial charge on any atom is 0.146 e. The molecule has 3 heteroatoms. The zero-order valence-electron chi connectivity index (χ0n) is 11.5. The van der Waals surface area contributed by atoms with Gasteiger partial charge >= 0.3 is 0 Å². The second-order valence-electron chi connectivity index (χ2n) is 6.28. The fraction of sp³-hybridized carbons (Fsp3) is 0.529. The predicted octanol–water partition coefficient (Wildman–Crippen LogP) is 2.30. The Kier molecular flexibility index (Phi) is 2.77. The molecule has 4 rings (SSSR count). The van der Waals surface area contributed by atoms with Crippen LogP contribution >= 0.6 is 0 Å². The molecular weight excluding hydrogens is 250 g/mol. The Hall–Kier alpha value is -1.48. The fourth-order valence-electron chi connectivity index (χ4n) is 4.39. The third-order valence-electron chi connectivity index (χ3n) is 5.28. The highest BCUT2D eigenvalue weighted by molar-refractivity contribution is 6.04. The van der Waals surface area contributed by atoms with Gasteiger partial charge in [-0.2, -0.15) is 0 Å². The van der Waals surface area contributed by atoms with Gasteiger partial charge in [-0.05, 0) is 30.4 Å². The molecule has 104 valence electrons. The molecule has 1 saturated heterocycles. The number of Topliss-reactive ketones (excluding diaryl/α,β-unsaturated/α-hetero) is 2. The lowest BCUT2D eigenvalue weighted by Crippen LogP contribution is -2.56. The van der Waals surface area contributed by atoms with Gasteiger partial charge in [0.15, 0.2) is 0 Å². The Bertz CT molecular complexity index is 580. The van der Waals surface area contributed by atoms with E-state index in [0.717, 1.165) is 25.8 Å². The molecule has 0 bridgehead atoms. The summed E-state index contributed by atoms with van der Waals surface area (Å²) in [6.45, 7) is 0.989. The van der Waals surface area contributed by atoms with E-state index in [1.165, 1.54) is 11.1 Å². The molecule has 3 unspecified atom stereocenters. The van der Waals surface area contributed by atoms with Gasteiger partial charge in [0.05, 0.1) is 5.92 Å². The van der Waals surface area contributed by atoms with Crippen LogP contribution in [0.2, 0.25) is 0 Å². The van der Waals surface area contributed by atoms with Crippen molar-refractivity contribution in [2.75, 3.05) is 6.54 Å². The Labute approximate surface area is 119 Å². The molecular formula is C17H19NO2. The molecule has 0 spiro atoms. The lowest BCUT2D eigenvalue weighted by Gasteiger charge is -2.49. The number of hydrogen-bond donors (Lipinski definition) is 0. The molecule has 1 aromatic rings. The van der Waals surface area contributed by atoms with Crippen molar-refractivity contribution in [1.29, 1.82) is 0 Å². The number of carbonyl (C=O) groups is 2. The van der Waals surface area contributed by atoms with E-state index in [9.17, 15) is 9.59 Å². The molecule has 3 atom stereocenters. The number of carbonyl (C=O) groups excluding carboxylic acids is 2. The van der Waals surface area contributed by atoms with Crippen molar-refractivity contribution in [3.8, 4) is 0 Å². The van der Waals surface area contributed by atoms with E-state index in [4.69, 9.17) is 0 Å². The third-order valence-corrected chi connectivity index (χ3v) is 5.28. The molecule has 2 fully saturated rings. The maximum absolute atomic E-state index is 12.5. The molecule has 2 aliphatic heterocycles. The van der Waals surface area contributed by atoms with Crippen LogP contribution in [-0.4, -0.2) is 29.1 Å². The quantitative estimate of drug-likeness (QED) is 0.678. The lowest BCUT2D eigenvalue weighted by molar-refractivity contribution is -0.144. The molecule has 0 amide bonds. The van der Waals surface area contributed by atoms with E-state index >= 15 is 0 Å². The monoisotopic (exact) mass is 269 g/mol. The van der Waals surface area contributed by atoms with Crippen LogP contribution in [0.3, 0.4) is 0 Å². The minimum absolute atomic E-state index is 0.163. The Morgan fingerprint density at radius 2 is 1.90 bits per heavy atom. The van der Waals surface area contributed by atoms with Crippen LogP contribution in [0.25, 0.3) is 0 Å². The number of rotatable bonds is 0. The van der Waals surface area contributed by atoms with Crippen molar-refractivity contribution in [3.05, 3.63) is 35.4 Å². The third kappa shape index (κ3) is 1.69. The smallest absolute Gasteiger partial charge is 0.146 e. The van der Waals surface area contributed by atoms with Gasteiger partial charge in [0.25, 0.3) is 0 Å². The summed E-state index contributed by atoms with van der Waals surface area (Å²) in [5, 5.41) is 0. The van der Waals surface area contributed by atoms with E-state index in [1.54, 1.807) is 0 Å². The molecule has 1 aliphatic carbocycles. The average Bonchev–Trinajstić information content (AvgIpc) is 2.47. The first kappa shape index (κ1) is 12.3. The maximum atomic E-state index is 12.5. The van der Waals surface area contributed by atoms with E-state index in [0.29, 0.717) is 12.8 Å². The number of ketones is 2. The second-order valence-corrected chi connectivity index (χ2v) is 6.28. The number of nitrogens with zero attached hydrogens (tertiary/aromatic N) is 1. The summed E-state index contributed by atoms with van der Waals surface area (Å²) in [4.78, 5) is 27.0. The van der Waals surface area contributed by atoms with Gasteiger partial charge in [0.1, 0.15) is 11.6 Å². The van der Waals surface area contributed by atoms with Gasteiger partial charge in [-0.15, -0.1) is 0 Å². The predicted molar refractivity (Wildman–Crippen MR) is 75.4 cm³/mol. The van der Waals surface area contributed by atoms with E-state index in [-0.39, 0.29) is 29.6 Å². The highest BCUT2D eigenvalue weighted by Crippen LogP contribution is 2.43. The molecule has 20 heavy (non-hydrogen) atoms. The normalized spacial score (nSPS) is 33.3. The first-order valence-corrected chi connectivity index (χ1v) is 7.64. The average molecular weight is 269 g/mol. The van der Waals surface area contributed by atoms with Crippen molar-refractivity contribution >= 4 is 11.6 Å². The van der Waals surface area contributed by atoms with Crippen LogP contribution in [0, 0.1) is 5.92 Å². The van der Waals surface area contributed by atoms with E-state index < -0.39 is 0 Å². The molecule has 0 radical (unpaired) electrons. The fourth-order valence-corrected chi connectivity index (χ4v) is 4.39. The van der Waals surface area contributed by atoms with Crippen molar-refractivity contribution in [2.24, 2.45) is 5.92 Å². The molecule has 1 aromatic carbocycles. The first-order chi connectivity index (χ1) is 9.75. The van der Waals surface area contributed by atoms with Crippen LogP contribution in [0.1, 0.15) is 42.9 Å². The second kappa shape index (κ2) is 4.52. The van der Waals surface area contributed by atoms with Crippen molar-refractivity contribution in [3.63, 3.8) is 0 Å². The molecule has 3 aliphatic rings. The summed E-state index contributed by atoms with van der Waals surface area (Å²) < 4.78 is 0. The Morgan fingerprint density at radius 1 is 1.05 bits per heavy atom. The number of hydrogen-bond acceptors (Lipinski definition) is 3. The standard InChI is InChI=1S/C17H19NO2/c19-15-7-3-6-13-17(15)16(20)10-14-12-5-2-1-4-11(12)8-9-18(13)14/h1-2,4-5,13-14,17H,3,6-10H2. The van der Waals surface area contributed by atoms with E-state index in [2.05, 4.69) is 29.2 Å². The van der Waals surface area contributed by atoms with Crippen LogP contribution < -0.4 is 0 Å². The van der Waals surface area contributed by atoms with Gasteiger partial charge in [-0.3, -0.25) is 14.5 Å². The van der Waals surface area contributed by atoms with Crippen LogP contribution in [0.4, 0.5) is 0 Å². The van der Waals surface area contributed by atoms with Gasteiger partial charge in [-0.1, -0.05) is 24.3 Å². The highest BCUT2D eigenvalue weighted by atomic mass is 16.2. The van der Waals surface area contributed by atoms with E-state index in [1.807, 2.05) is 0 Å². The molecule has 0 aromatic heterocycles. The zero-order chi connectivity index (χ0) is 13.7. The zero-order valence-corrected chi connectivity index (χ0v) is 11.5. The minimum Gasteiger partial charge on any atom is -0.299 e. The molecule has 1 saturated carbocycles. The van der Waals surface area contributed by atoms with Crippen LogP contribution in [0.5, 0.6) is 0 Å². The Morgan fingerprint density at radius 3 is 2.80 bits per heavy atom. The minimum atomic E-state index is -0.328. The van der Waals surface area contributed by atoms with Gasteiger partial charge in [-0.25, -0.2) is 0 Å². The largest absolute Gasteiger partial charge is 0.299 e. The molecule has 0 N–H and O–H groups in total. The summed E-state index contributed by atoms with van der Waals surface area (Å²) in [6, 6.07) is 8.84. The number of piperidine rings is 1. The van der Waals surface area contributed by atoms with Crippen molar-refractivity contribution < 1.29 is 9.59 Å². The topological polar surface area (TPSA) is 37.4 Å². The lowest BCUT2D eigenvalue weighted by atomic mass is 9.72. The Balaban J connectivity index is 1.74. The van der Waals surface area contributed by atoms with Gasteiger partial charge < -0.3 is 0 Å². The molecule has 2 heterocycles. The van der Waals surface area contributed by atoms with Gasteiger partial charge in [0.2, 0.25) is 0 Å². The van der Waals surface area contributed by atoms with Crippen molar-refractivity contribution in [1.82, 2.24) is 4.90 Å². The summed E-state index contributed by atoms with van der Waals surface area (Å²) in [5.74, 6) is 0.0338. The van der Waals surface area contributed by atoms with Crippen LogP contribution in [-0.2, 0) is 16.0 Å². The highest BCUT2D eigenvalue weighted by Gasteiger charge is 2.48. The number of benzene rings is 1. The van der Waals surface area contributed by atoms with Crippen molar-refractivity contribution in [2.45, 2.75) is 44.2 Å².